The summed E-state index contributed by atoms with van der Waals surface area (Å²) in [4.78, 5) is 21.6. The average molecular weight is 353 g/mol. The van der Waals surface area contributed by atoms with Gasteiger partial charge in [-0.25, -0.2) is 4.98 Å². The fraction of sp³-hybridized carbons (Fsp3) is 0.650. The molecule has 1 unspecified atom stereocenters. The Morgan fingerprint density at radius 3 is 2.73 bits per heavy atom. The second kappa shape index (κ2) is 7.63. The minimum absolute atomic E-state index is 0.156. The van der Waals surface area contributed by atoms with Crippen LogP contribution in [-0.4, -0.2) is 54.1 Å². The largest absolute Gasteiger partial charge is 0.355 e. The van der Waals surface area contributed by atoms with Crippen LogP contribution >= 0.6 is 0 Å². The maximum Gasteiger partial charge on any atom is 0.224 e. The highest BCUT2D eigenvalue weighted by Crippen LogP contribution is 2.27. The van der Waals surface area contributed by atoms with E-state index < -0.39 is 0 Å². The number of hydrogen-bond donors (Lipinski definition) is 1. The minimum Gasteiger partial charge on any atom is -0.355 e. The van der Waals surface area contributed by atoms with Crippen molar-refractivity contribution >= 4 is 11.7 Å². The van der Waals surface area contributed by atoms with Gasteiger partial charge in [-0.05, 0) is 57.2 Å². The Labute approximate surface area is 155 Å². The van der Waals surface area contributed by atoms with E-state index in [9.17, 15) is 10.1 Å². The van der Waals surface area contributed by atoms with Gasteiger partial charge < -0.3 is 10.2 Å². The molecule has 0 radical (unpaired) electrons. The zero-order valence-corrected chi connectivity index (χ0v) is 15.2. The van der Waals surface area contributed by atoms with Gasteiger partial charge >= 0.3 is 0 Å². The molecule has 3 heterocycles. The summed E-state index contributed by atoms with van der Waals surface area (Å²) in [5.41, 5.74) is 0.653. The van der Waals surface area contributed by atoms with E-state index in [0.717, 1.165) is 70.5 Å². The molecule has 3 fully saturated rings. The first-order chi connectivity index (χ1) is 12.7. The molecule has 6 nitrogen and oxygen atoms in total. The molecule has 4 rings (SSSR count). The molecule has 3 aliphatic rings. The minimum atomic E-state index is 0.156. The first-order valence-electron chi connectivity index (χ1n) is 9.89. The lowest BCUT2D eigenvalue weighted by molar-refractivity contribution is -0.127. The molecule has 1 N–H and O–H groups in total. The highest BCUT2D eigenvalue weighted by atomic mass is 16.2. The highest BCUT2D eigenvalue weighted by molar-refractivity contribution is 5.79. The zero-order chi connectivity index (χ0) is 17.9. The summed E-state index contributed by atoms with van der Waals surface area (Å²) < 4.78 is 0. The number of aromatic nitrogens is 1. The fourth-order valence-electron chi connectivity index (χ4n) is 4.28. The number of rotatable bonds is 4. The van der Waals surface area contributed by atoms with Crippen LogP contribution in [0, 0.1) is 17.2 Å². The molecule has 26 heavy (non-hydrogen) atoms. The molecule has 0 spiro atoms. The van der Waals surface area contributed by atoms with Crippen LogP contribution in [-0.2, 0) is 4.79 Å². The van der Waals surface area contributed by atoms with Crippen LogP contribution in [0.3, 0.4) is 0 Å². The van der Waals surface area contributed by atoms with Crippen LogP contribution in [0.4, 0.5) is 5.82 Å². The first-order valence-corrected chi connectivity index (χ1v) is 9.89. The van der Waals surface area contributed by atoms with E-state index >= 15 is 0 Å². The topological polar surface area (TPSA) is 72.3 Å². The van der Waals surface area contributed by atoms with Crippen molar-refractivity contribution in [2.75, 3.05) is 31.1 Å². The standard InChI is InChI=1S/C20H27N5O/c21-13-15-3-1-9-22-19(15)24-11-7-18(8-12-24)25-10-2-4-16(14-25)20(26)23-17-5-6-17/h1,3,9,16-18H,2,4-8,10-12,14H2,(H,23,26). The Morgan fingerprint density at radius 1 is 1.19 bits per heavy atom. The Hall–Kier alpha value is -2.13. The molecule has 138 valence electrons. The van der Waals surface area contributed by atoms with Crippen LogP contribution in [0.25, 0.3) is 0 Å². The number of nitrogens with zero attached hydrogens (tertiary/aromatic N) is 4. The normalized spacial score (nSPS) is 24.9. The summed E-state index contributed by atoms with van der Waals surface area (Å²) in [6, 6.07) is 6.89. The third-order valence-electron chi connectivity index (χ3n) is 5.93. The van der Waals surface area contributed by atoms with Gasteiger partial charge in [-0.3, -0.25) is 9.69 Å². The van der Waals surface area contributed by atoms with Crippen molar-refractivity contribution < 1.29 is 4.79 Å². The molecule has 0 bridgehead atoms. The van der Waals surface area contributed by atoms with Crippen molar-refractivity contribution in [1.29, 1.82) is 5.26 Å². The average Bonchev–Trinajstić information content (AvgIpc) is 3.52. The lowest BCUT2D eigenvalue weighted by Gasteiger charge is -2.42. The van der Waals surface area contributed by atoms with Crippen molar-refractivity contribution in [2.24, 2.45) is 5.92 Å². The summed E-state index contributed by atoms with van der Waals surface area (Å²) >= 11 is 0. The maximum atomic E-state index is 12.4. The zero-order valence-electron chi connectivity index (χ0n) is 15.2. The number of nitrogens with one attached hydrogen (secondary N) is 1. The van der Waals surface area contributed by atoms with Crippen molar-refractivity contribution in [3.05, 3.63) is 23.9 Å². The van der Waals surface area contributed by atoms with E-state index in [0.29, 0.717) is 17.6 Å². The summed E-state index contributed by atoms with van der Waals surface area (Å²) in [7, 11) is 0. The molecule has 2 saturated heterocycles. The number of hydrogen-bond acceptors (Lipinski definition) is 5. The first kappa shape index (κ1) is 17.3. The second-order valence-electron chi connectivity index (χ2n) is 7.82. The van der Waals surface area contributed by atoms with E-state index in [2.05, 4.69) is 26.2 Å². The fourth-order valence-corrected chi connectivity index (χ4v) is 4.28. The van der Waals surface area contributed by atoms with Gasteiger partial charge in [0.1, 0.15) is 11.9 Å². The van der Waals surface area contributed by atoms with E-state index in [4.69, 9.17) is 0 Å². The number of anilines is 1. The molecule has 1 saturated carbocycles. The van der Waals surface area contributed by atoms with Gasteiger partial charge in [0.05, 0.1) is 11.5 Å². The number of nitriles is 1. The van der Waals surface area contributed by atoms with Gasteiger partial charge in [-0.1, -0.05) is 0 Å². The SMILES string of the molecule is N#Cc1cccnc1N1CCC(N2CCCC(C(=O)NC3CC3)C2)CC1. The third-order valence-corrected chi connectivity index (χ3v) is 5.93. The lowest BCUT2D eigenvalue weighted by Crippen LogP contribution is -2.51. The number of carbonyl (C=O) groups is 1. The van der Waals surface area contributed by atoms with Crippen molar-refractivity contribution in [3.63, 3.8) is 0 Å². The van der Waals surface area contributed by atoms with Gasteiger partial charge in [0, 0.05) is 37.9 Å². The second-order valence-corrected chi connectivity index (χ2v) is 7.82. The molecule has 1 amide bonds. The molecule has 2 aliphatic heterocycles. The number of likely N-dealkylation sites (tertiary alicyclic amines) is 1. The van der Waals surface area contributed by atoms with Gasteiger partial charge in [0.2, 0.25) is 5.91 Å². The van der Waals surface area contributed by atoms with Crippen molar-refractivity contribution in [2.45, 2.75) is 50.6 Å². The summed E-state index contributed by atoms with van der Waals surface area (Å²) in [6.45, 7) is 3.85. The van der Waals surface area contributed by atoms with Gasteiger partial charge in [-0.2, -0.15) is 5.26 Å². The third kappa shape index (κ3) is 3.83. The van der Waals surface area contributed by atoms with E-state index in [1.165, 1.54) is 0 Å². The number of carbonyl (C=O) groups excluding carboxylic acids is 1. The predicted molar refractivity (Wildman–Crippen MR) is 99.6 cm³/mol. The number of piperidine rings is 2. The molecule has 1 aromatic heterocycles. The summed E-state index contributed by atoms with van der Waals surface area (Å²) in [5, 5.41) is 12.5. The Balaban J connectivity index is 1.32. The molecular weight excluding hydrogens is 326 g/mol. The Kier molecular flexibility index (Phi) is 5.07. The van der Waals surface area contributed by atoms with Gasteiger partial charge in [-0.15, -0.1) is 0 Å². The predicted octanol–water partition coefficient (Wildman–Crippen LogP) is 1.91. The molecule has 0 aromatic carbocycles. The van der Waals surface area contributed by atoms with Crippen molar-refractivity contribution in [1.82, 2.24) is 15.2 Å². The lowest BCUT2D eigenvalue weighted by atomic mass is 9.93. The van der Waals surface area contributed by atoms with Crippen LogP contribution in [0.5, 0.6) is 0 Å². The van der Waals surface area contributed by atoms with Crippen LogP contribution in [0.1, 0.15) is 44.1 Å². The molecule has 1 aromatic rings. The van der Waals surface area contributed by atoms with Crippen LogP contribution < -0.4 is 10.2 Å². The smallest absolute Gasteiger partial charge is 0.224 e. The maximum absolute atomic E-state index is 12.4. The van der Waals surface area contributed by atoms with Gasteiger partial charge in [0.15, 0.2) is 0 Å². The molecule has 1 atom stereocenters. The van der Waals surface area contributed by atoms with Crippen LogP contribution in [0.2, 0.25) is 0 Å². The van der Waals surface area contributed by atoms with Gasteiger partial charge in [0.25, 0.3) is 0 Å². The molecule has 1 aliphatic carbocycles. The summed E-state index contributed by atoms with van der Waals surface area (Å²) in [5.74, 6) is 1.24. The highest BCUT2D eigenvalue weighted by Gasteiger charge is 2.34. The summed E-state index contributed by atoms with van der Waals surface area (Å²) in [6.07, 6.45) is 8.33. The van der Waals surface area contributed by atoms with Crippen molar-refractivity contribution in [3.8, 4) is 6.07 Å². The van der Waals surface area contributed by atoms with E-state index in [-0.39, 0.29) is 11.8 Å². The monoisotopic (exact) mass is 353 g/mol. The van der Waals surface area contributed by atoms with E-state index in [1.54, 1.807) is 6.20 Å². The molecule has 6 heteroatoms. The Morgan fingerprint density at radius 2 is 2.00 bits per heavy atom. The number of pyridine rings is 1. The Bertz CT molecular complexity index is 688. The van der Waals surface area contributed by atoms with Crippen LogP contribution in [0.15, 0.2) is 18.3 Å². The molecular formula is C20H27N5O. The number of amides is 1. The quantitative estimate of drug-likeness (QED) is 0.895. The van der Waals surface area contributed by atoms with E-state index in [1.807, 2.05) is 12.1 Å².